The van der Waals surface area contributed by atoms with Gasteiger partial charge >= 0.3 is 6.18 Å². The Labute approximate surface area is 299 Å². The molecule has 0 bridgehead atoms. The highest BCUT2D eigenvalue weighted by Gasteiger charge is 2.53. The maximum Gasteiger partial charge on any atom is 0.402 e. The minimum atomic E-state index is -4.57. The second-order valence-electron chi connectivity index (χ2n) is 12.1. The fraction of sp³-hybridized carbons (Fsp3) is 0.415. The number of nitrogens with one attached hydrogen (secondary N) is 1. The molecule has 0 spiro atoms. The topological polar surface area (TPSA) is 64.6 Å². The van der Waals surface area contributed by atoms with Crippen molar-refractivity contribution in [2.24, 2.45) is 0 Å². The van der Waals surface area contributed by atoms with Gasteiger partial charge in [-0.1, -0.05) is 79.2 Å². The molecule has 4 aromatic carbocycles. The van der Waals surface area contributed by atoms with Gasteiger partial charge in [-0.05, 0) is 118 Å². The van der Waals surface area contributed by atoms with Crippen LogP contribution in [0.5, 0.6) is 17.2 Å². The molecule has 0 aliphatic carbocycles. The monoisotopic (exact) mass is 715 g/mol. The minimum absolute atomic E-state index is 0.0502. The van der Waals surface area contributed by atoms with Crippen LogP contribution in [0, 0.1) is 0 Å². The number of alkyl halides is 3. The fourth-order valence-electron chi connectivity index (χ4n) is 4.54. The number of anilines is 1. The molecular weight excluding hydrogens is 660 g/mol. The third kappa shape index (κ3) is 12.1. The lowest BCUT2D eigenvalue weighted by molar-refractivity contribution is -0.173. The number of rotatable bonds is 10. The first-order chi connectivity index (χ1) is 23.5. The van der Waals surface area contributed by atoms with Crippen LogP contribution < -0.4 is 14.8 Å². The van der Waals surface area contributed by atoms with E-state index in [1.807, 2.05) is 55.4 Å². The van der Waals surface area contributed by atoms with Gasteiger partial charge in [-0.15, -0.1) is 0 Å². The van der Waals surface area contributed by atoms with E-state index in [2.05, 4.69) is 19.2 Å². The lowest BCUT2D eigenvalue weighted by atomic mass is 9.75. The van der Waals surface area contributed by atoms with E-state index in [1.165, 1.54) is 67.1 Å². The summed E-state index contributed by atoms with van der Waals surface area (Å²) in [6.07, 6.45) is -2.37. The van der Waals surface area contributed by atoms with Crippen molar-refractivity contribution in [1.82, 2.24) is 0 Å². The molecule has 1 unspecified atom stereocenters. The molecule has 1 atom stereocenters. The quantitative estimate of drug-likeness (QED) is 0.177. The summed E-state index contributed by atoms with van der Waals surface area (Å²) in [6.45, 7) is 21.8. The summed E-state index contributed by atoms with van der Waals surface area (Å²) in [6, 6.07) is 24.2. The van der Waals surface area contributed by atoms with Gasteiger partial charge in [0, 0.05) is 12.2 Å². The number of hydrogen-bond acceptors (Lipinski definition) is 5. The molecule has 0 amide bonds. The average Bonchev–Trinajstić information content (AvgIpc) is 3.09. The van der Waals surface area contributed by atoms with Crippen molar-refractivity contribution in [1.29, 1.82) is 0 Å². The number of benzene rings is 4. The van der Waals surface area contributed by atoms with E-state index >= 15 is 0 Å². The van der Waals surface area contributed by atoms with Gasteiger partial charge in [0.05, 0.1) is 9.79 Å². The zero-order valence-corrected chi connectivity index (χ0v) is 32.4. The van der Waals surface area contributed by atoms with E-state index in [9.17, 15) is 21.6 Å². The van der Waals surface area contributed by atoms with Crippen LogP contribution in [0.2, 0.25) is 0 Å². The summed E-state index contributed by atoms with van der Waals surface area (Å²) in [7, 11) is -3.74. The Morgan fingerprint density at radius 2 is 0.960 bits per heavy atom. The predicted octanol–water partition coefficient (Wildman–Crippen LogP) is 12.6. The molecule has 50 heavy (non-hydrogen) atoms. The zero-order valence-electron chi connectivity index (χ0n) is 31.5. The summed E-state index contributed by atoms with van der Waals surface area (Å²) in [4.78, 5) is 0.271. The van der Waals surface area contributed by atoms with Crippen LogP contribution >= 0.6 is 0 Å². The highest BCUT2D eigenvalue weighted by Crippen LogP contribution is 2.47. The van der Waals surface area contributed by atoms with Crippen LogP contribution in [0.25, 0.3) is 0 Å². The van der Waals surface area contributed by atoms with E-state index < -0.39 is 27.0 Å². The molecule has 276 valence electrons. The smallest absolute Gasteiger partial charge is 0.402 e. The Hall–Kier alpha value is -3.98. The standard InChI is InChI=1S/C34H36F3NO4S.C3H8.2C2H6/c1-6-23-38-26-11-19-30(20-12-26)43(39,40)31-21-17-28(18-22-31)41-27-13-7-24(8-14-27)33(5,34(35,36)37)25-9-15-29(16-10-25)42-32(2,3)4;1-3-2;2*1-2/h7-22,38H,6,23H2,1-5H3;3H2,1-2H3;2*1-2H3. The van der Waals surface area contributed by atoms with E-state index in [0.717, 1.165) is 25.6 Å². The summed E-state index contributed by atoms with van der Waals surface area (Å²) < 4.78 is 81.3. The van der Waals surface area contributed by atoms with Crippen LogP contribution in [-0.2, 0) is 15.3 Å². The molecule has 4 rings (SSSR count). The minimum Gasteiger partial charge on any atom is -0.488 e. The maximum atomic E-state index is 14.5. The first-order valence-corrected chi connectivity index (χ1v) is 18.9. The SMILES string of the molecule is CC.CC.CCC.CCCNc1ccc(S(=O)(=O)c2ccc(Oc3ccc(C(C)(c4ccc(OC(C)(C)C)cc4)C(F)(F)F)cc3)cc2)cc1. The van der Waals surface area contributed by atoms with E-state index in [1.54, 1.807) is 36.4 Å². The molecule has 4 aromatic rings. The third-order valence-corrected chi connectivity index (χ3v) is 8.75. The molecule has 5 nitrogen and oxygen atoms in total. The summed E-state index contributed by atoms with van der Waals surface area (Å²) in [5.41, 5.74) is -1.77. The number of sulfone groups is 1. The molecule has 0 aliphatic rings. The number of halogens is 3. The van der Waals surface area contributed by atoms with Crippen molar-refractivity contribution in [3.8, 4) is 17.2 Å². The lowest BCUT2D eigenvalue weighted by Gasteiger charge is -2.33. The van der Waals surface area contributed by atoms with Gasteiger partial charge in [0.2, 0.25) is 9.84 Å². The Morgan fingerprint density at radius 3 is 1.32 bits per heavy atom. The van der Waals surface area contributed by atoms with E-state index in [4.69, 9.17) is 9.47 Å². The third-order valence-electron chi connectivity index (χ3n) is 6.97. The number of ether oxygens (including phenoxy) is 2. The fourth-order valence-corrected chi connectivity index (χ4v) is 5.80. The van der Waals surface area contributed by atoms with Crippen molar-refractivity contribution in [2.45, 2.75) is 116 Å². The van der Waals surface area contributed by atoms with Crippen LogP contribution in [0.15, 0.2) is 107 Å². The van der Waals surface area contributed by atoms with Gasteiger partial charge < -0.3 is 14.8 Å². The largest absolute Gasteiger partial charge is 0.488 e. The molecule has 9 heteroatoms. The van der Waals surface area contributed by atoms with Gasteiger partial charge in [0.1, 0.15) is 28.3 Å². The highest BCUT2D eigenvalue weighted by atomic mass is 32.2. The lowest BCUT2D eigenvalue weighted by Crippen LogP contribution is -2.40. The summed E-state index contributed by atoms with van der Waals surface area (Å²) >= 11 is 0. The Kier molecular flexibility index (Phi) is 17.6. The van der Waals surface area contributed by atoms with Gasteiger partial charge in [-0.25, -0.2) is 8.42 Å². The molecular formula is C41H56F3NO4S. The van der Waals surface area contributed by atoms with Crippen molar-refractivity contribution < 1.29 is 31.1 Å². The van der Waals surface area contributed by atoms with Crippen molar-refractivity contribution in [3.05, 3.63) is 108 Å². The van der Waals surface area contributed by atoms with Crippen molar-refractivity contribution in [2.75, 3.05) is 11.9 Å². The van der Waals surface area contributed by atoms with Crippen LogP contribution in [-0.4, -0.2) is 26.7 Å². The molecule has 0 radical (unpaired) electrons. The van der Waals surface area contributed by atoms with Gasteiger partial charge in [0.25, 0.3) is 0 Å². The second-order valence-corrected chi connectivity index (χ2v) is 14.1. The normalized spacial score (nSPS) is 12.4. The first kappa shape index (κ1) is 44.0. The summed E-state index contributed by atoms with van der Waals surface area (Å²) in [5, 5.41) is 3.21. The van der Waals surface area contributed by atoms with E-state index in [0.29, 0.717) is 17.2 Å². The van der Waals surface area contributed by atoms with Crippen LogP contribution in [0.1, 0.15) is 100 Å². The van der Waals surface area contributed by atoms with Crippen molar-refractivity contribution >= 4 is 15.5 Å². The molecule has 1 N–H and O–H groups in total. The van der Waals surface area contributed by atoms with Gasteiger partial charge in [-0.2, -0.15) is 13.2 Å². The van der Waals surface area contributed by atoms with Crippen LogP contribution in [0.4, 0.5) is 18.9 Å². The Bertz CT molecular complexity index is 1630. The molecule has 0 saturated heterocycles. The molecule has 0 aromatic heterocycles. The van der Waals surface area contributed by atoms with Crippen LogP contribution in [0.3, 0.4) is 0 Å². The zero-order chi connectivity index (χ0) is 38.2. The number of hydrogen-bond donors (Lipinski definition) is 1. The molecule has 0 fully saturated rings. The van der Waals surface area contributed by atoms with Gasteiger partial charge in [0.15, 0.2) is 0 Å². The predicted molar refractivity (Wildman–Crippen MR) is 202 cm³/mol. The Morgan fingerprint density at radius 1 is 0.600 bits per heavy atom. The maximum absolute atomic E-state index is 14.5. The Balaban J connectivity index is 0.00000166. The molecule has 0 heterocycles. The van der Waals surface area contributed by atoms with Gasteiger partial charge in [-0.3, -0.25) is 0 Å². The highest BCUT2D eigenvalue weighted by molar-refractivity contribution is 7.91. The molecule has 0 aliphatic heterocycles. The average molecular weight is 716 g/mol. The molecule has 0 saturated carbocycles. The van der Waals surface area contributed by atoms with E-state index in [-0.39, 0.29) is 20.9 Å². The second kappa shape index (κ2) is 20.0. The first-order valence-electron chi connectivity index (χ1n) is 17.4. The van der Waals surface area contributed by atoms with Crippen molar-refractivity contribution in [3.63, 3.8) is 0 Å². The summed E-state index contributed by atoms with van der Waals surface area (Å²) in [5.74, 6) is 1.15.